The first-order chi connectivity index (χ1) is 10.4. The van der Waals surface area contributed by atoms with E-state index < -0.39 is 5.69 Å². The Morgan fingerprint density at radius 3 is 2.73 bits per heavy atom. The molecule has 1 N–H and O–H groups in total. The lowest BCUT2D eigenvalue weighted by Crippen LogP contribution is -2.31. The van der Waals surface area contributed by atoms with Gasteiger partial charge in [-0.1, -0.05) is 11.6 Å². The van der Waals surface area contributed by atoms with Crippen molar-refractivity contribution in [1.29, 1.82) is 0 Å². The van der Waals surface area contributed by atoms with E-state index in [1.54, 1.807) is 38.1 Å². The van der Waals surface area contributed by atoms with Gasteiger partial charge in [0, 0.05) is 16.4 Å². The number of hydrogen-bond acceptors (Lipinski definition) is 4. The molecule has 0 spiro atoms. The maximum atomic E-state index is 12.2. The molecule has 0 saturated carbocycles. The lowest BCUT2D eigenvalue weighted by Gasteiger charge is -2.12. The Kier molecular flexibility index (Phi) is 4.82. The molecular weight excluding hydrogens is 306 g/mol. The molecule has 0 bridgehead atoms. The van der Waals surface area contributed by atoms with Crippen LogP contribution in [0, 0.1) is 13.8 Å². The van der Waals surface area contributed by atoms with Crippen molar-refractivity contribution in [3.63, 3.8) is 0 Å². The SMILES string of the molecule is COc1ccc(Cl)cc1NC(=O)Cn1c(C)cc(C)nc1=O. The summed E-state index contributed by atoms with van der Waals surface area (Å²) < 4.78 is 6.47. The highest BCUT2D eigenvalue weighted by molar-refractivity contribution is 6.31. The molecule has 0 fully saturated rings. The Labute approximate surface area is 132 Å². The molecule has 7 heteroatoms. The number of hydrogen-bond donors (Lipinski definition) is 1. The first-order valence-electron chi connectivity index (χ1n) is 6.59. The predicted octanol–water partition coefficient (Wildman–Crippen LogP) is 2.16. The molecule has 0 saturated heterocycles. The van der Waals surface area contributed by atoms with Crippen LogP contribution in [-0.2, 0) is 11.3 Å². The van der Waals surface area contributed by atoms with Gasteiger partial charge in [-0.05, 0) is 38.1 Å². The minimum Gasteiger partial charge on any atom is -0.495 e. The number of carbonyl (C=O) groups excluding carboxylic acids is 1. The molecule has 0 aliphatic heterocycles. The summed E-state index contributed by atoms with van der Waals surface area (Å²) in [6.45, 7) is 3.35. The normalized spacial score (nSPS) is 10.4. The number of anilines is 1. The second kappa shape index (κ2) is 6.62. The number of rotatable bonds is 4. The molecule has 1 heterocycles. The molecule has 2 rings (SSSR count). The molecule has 0 atom stereocenters. The minimum absolute atomic E-state index is 0.131. The van der Waals surface area contributed by atoms with E-state index in [-0.39, 0.29) is 12.5 Å². The van der Waals surface area contributed by atoms with Crippen LogP contribution in [0.5, 0.6) is 5.75 Å². The second-order valence-electron chi connectivity index (χ2n) is 4.80. The van der Waals surface area contributed by atoms with Crippen LogP contribution in [0.1, 0.15) is 11.4 Å². The fourth-order valence-corrected chi connectivity index (χ4v) is 2.25. The minimum atomic E-state index is -0.453. The molecule has 0 aliphatic rings. The van der Waals surface area contributed by atoms with Crippen LogP contribution < -0.4 is 15.7 Å². The average Bonchev–Trinajstić information content (AvgIpc) is 2.43. The number of aryl methyl sites for hydroxylation is 2. The van der Waals surface area contributed by atoms with Gasteiger partial charge in [-0.25, -0.2) is 4.79 Å². The Morgan fingerprint density at radius 2 is 2.09 bits per heavy atom. The van der Waals surface area contributed by atoms with Gasteiger partial charge in [-0.15, -0.1) is 0 Å². The van der Waals surface area contributed by atoms with Gasteiger partial charge in [0.05, 0.1) is 12.8 Å². The predicted molar refractivity (Wildman–Crippen MR) is 84.6 cm³/mol. The summed E-state index contributed by atoms with van der Waals surface area (Å²) >= 11 is 5.91. The number of carbonyl (C=O) groups is 1. The topological polar surface area (TPSA) is 73.2 Å². The second-order valence-corrected chi connectivity index (χ2v) is 5.24. The van der Waals surface area contributed by atoms with Crippen LogP contribution in [0.3, 0.4) is 0 Å². The van der Waals surface area contributed by atoms with Crippen molar-refractivity contribution >= 4 is 23.2 Å². The first-order valence-corrected chi connectivity index (χ1v) is 6.97. The van der Waals surface area contributed by atoms with E-state index >= 15 is 0 Å². The number of amides is 1. The summed E-state index contributed by atoms with van der Waals surface area (Å²) in [7, 11) is 1.50. The van der Waals surface area contributed by atoms with E-state index in [0.29, 0.717) is 27.8 Å². The van der Waals surface area contributed by atoms with E-state index in [9.17, 15) is 9.59 Å². The molecule has 116 valence electrons. The zero-order valence-electron chi connectivity index (χ0n) is 12.5. The van der Waals surface area contributed by atoms with E-state index in [1.807, 2.05) is 0 Å². The summed E-state index contributed by atoms with van der Waals surface area (Å²) in [5.74, 6) is 0.125. The summed E-state index contributed by atoms with van der Waals surface area (Å²) in [6, 6.07) is 6.65. The number of nitrogens with one attached hydrogen (secondary N) is 1. The fourth-order valence-electron chi connectivity index (χ4n) is 2.08. The molecule has 0 aliphatic carbocycles. The lowest BCUT2D eigenvalue weighted by molar-refractivity contribution is -0.116. The Balaban J connectivity index is 2.21. The molecule has 22 heavy (non-hydrogen) atoms. The maximum absolute atomic E-state index is 12.2. The van der Waals surface area contributed by atoms with Crippen molar-refractivity contribution in [2.75, 3.05) is 12.4 Å². The standard InChI is InChI=1S/C15H16ClN3O3/c1-9-6-10(2)19(15(21)17-9)8-14(20)18-12-7-11(16)4-5-13(12)22-3/h4-7H,8H2,1-3H3,(H,18,20). The molecule has 2 aromatic rings. The summed E-state index contributed by atoms with van der Waals surface area (Å²) in [4.78, 5) is 27.8. The van der Waals surface area contributed by atoms with E-state index in [1.165, 1.54) is 11.7 Å². The zero-order valence-corrected chi connectivity index (χ0v) is 13.3. The van der Waals surface area contributed by atoms with Gasteiger partial charge in [0.15, 0.2) is 0 Å². The van der Waals surface area contributed by atoms with E-state index in [4.69, 9.17) is 16.3 Å². The smallest absolute Gasteiger partial charge is 0.348 e. The largest absolute Gasteiger partial charge is 0.495 e. The first kappa shape index (κ1) is 16.0. The van der Waals surface area contributed by atoms with Crippen molar-refractivity contribution in [3.05, 3.63) is 51.2 Å². The molecule has 1 aromatic carbocycles. The molecule has 0 radical (unpaired) electrons. The quantitative estimate of drug-likeness (QED) is 0.936. The lowest BCUT2D eigenvalue weighted by atomic mass is 10.3. The number of halogens is 1. The zero-order chi connectivity index (χ0) is 16.3. The van der Waals surface area contributed by atoms with Crippen molar-refractivity contribution in [2.24, 2.45) is 0 Å². The van der Waals surface area contributed by atoms with Crippen molar-refractivity contribution < 1.29 is 9.53 Å². The van der Waals surface area contributed by atoms with Gasteiger partial charge < -0.3 is 10.1 Å². The van der Waals surface area contributed by atoms with Crippen LogP contribution in [0.25, 0.3) is 0 Å². The van der Waals surface area contributed by atoms with Gasteiger partial charge in [0.1, 0.15) is 12.3 Å². The molecule has 1 aromatic heterocycles. The van der Waals surface area contributed by atoms with Crippen molar-refractivity contribution in [3.8, 4) is 5.75 Å². The van der Waals surface area contributed by atoms with Gasteiger partial charge in [-0.3, -0.25) is 9.36 Å². The number of aromatic nitrogens is 2. The molecular formula is C15H16ClN3O3. The van der Waals surface area contributed by atoms with E-state index in [0.717, 1.165) is 0 Å². The number of benzene rings is 1. The third-order valence-corrected chi connectivity index (χ3v) is 3.32. The molecule has 0 unspecified atom stereocenters. The van der Waals surface area contributed by atoms with Crippen LogP contribution >= 0.6 is 11.6 Å². The summed E-state index contributed by atoms with van der Waals surface area (Å²) in [5.41, 5.74) is 1.29. The average molecular weight is 322 g/mol. The van der Waals surface area contributed by atoms with Crippen LogP contribution in [0.2, 0.25) is 5.02 Å². The maximum Gasteiger partial charge on any atom is 0.348 e. The highest BCUT2D eigenvalue weighted by Gasteiger charge is 2.11. The number of ether oxygens (including phenoxy) is 1. The summed E-state index contributed by atoms with van der Waals surface area (Å²) in [5, 5.41) is 3.16. The van der Waals surface area contributed by atoms with Crippen LogP contribution in [0.4, 0.5) is 5.69 Å². The van der Waals surface area contributed by atoms with Gasteiger partial charge in [0.25, 0.3) is 0 Å². The van der Waals surface area contributed by atoms with Gasteiger partial charge in [-0.2, -0.15) is 4.98 Å². The van der Waals surface area contributed by atoms with Crippen molar-refractivity contribution in [2.45, 2.75) is 20.4 Å². The third kappa shape index (κ3) is 3.65. The number of nitrogens with zero attached hydrogens (tertiary/aromatic N) is 2. The molecule has 6 nitrogen and oxygen atoms in total. The third-order valence-electron chi connectivity index (χ3n) is 3.08. The monoisotopic (exact) mass is 321 g/mol. The van der Waals surface area contributed by atoms with Crippen LogP contribution in [-0.4, -0.2) is 22.6 Å². The highest BCUT2D eigenvalue weighted by Crippen LogP contribution is 2.27. The fraction of sp³-hybridized carbons (Fsp3) is 0.267. The van der Waals surface area contributed by atoms with Gasteiger partial charge >= 0.3 is 5.69 Å². The number of methoxy groups -OCH3 is 1. The van der Waals surface area contributed by atoms with E-state index in [2.05, 4.69) is 10.3 Å². The molecule has 1 amide bonds. The Bertz CT molecular complexity index is 771. The summed E-state index contributed by atoms with van der Waals surface area (Å²) in [6.07, 6.45) is 0. The van der Waals surface area contributed by atoms with Crippen LogP contribution in [0.15, 0.2) is 29.1 Å². The van der Waals surface area contributed by atoms with Gasteiger partial charge in [0.2, 0.25) is 5.91 Å². The van der Waals surface area contributed by atoms with Crippen molar-refractivity contribution in [1.82, 2.24) is 9.55 Å². The Morgan fingerprint density at radius 1 is 1.36 bits per heavy atom. The Hall–Kier alpha value is -2.34. The highest BCUT2D eigenvalue weighted by atomic mass is 35.5.